The Hall–Kier alpha value is -1.40. The van der Waals surface area contributed by atoms with Crippen molar-refractivity contribution in [1.82, 2.24) is 0 Å². The van der Waals surface area contributed by atoms with Crippen LogP contribution in [-0.2, 0) is 0 Å². The van der Waals surface area contributed by atoms with Crippen LogP contribution in [0.4, 0.5) is 4.39 Å². The van der Waals surface area contributed by atoms with Gasteiger partial charge < -0.3 is 5.11 Å². The van der Waals surface area contributed by atoms with E-state index in [0.717, 1.165) is 6.08 Å². The Morgan fingerprint density at radius 2 is 2.07 bits per heavy atom. The maximum absolute atomic E-state index is 12.8. The first kappa shape index (κ1) is 15.1. The van der Waals surface area contributed by atoms with Crippen molar-refractivity contribution in [2.45, 2.75) is 20.8 Å². The summed E-state index contributed by atoms with van der Waals surface area (Å²) in [5, 5.41) is 16.9. The first-order valence-corrected chi connectivity index (χ1v) is 4.38. The van der Waals surface area contributed by atoms with Gasteiger partial charge in [-0.05, 0) is 18.6 Å². The summed E-state index contributed by atoms with van der Waals surface area (Å²) < 4.78 is 12.8. The Morgan fingerprint density at radius 1 is 1.57 bits per heavy atom. The molecule has 0 aromatic rings. The van der Waals surface area contributed by atoms with Crippen LogP contribution in [0, 0.1) is 11.3 Å². The summed E-state index contributed by atoms with van der Waals surface area (Å²) in [7, 11) is 0. The molecule has 0 saturated carbocycles. The maximum Gasteiger partial charge on any atom is 0.140 e. The third-order valence-electron chi connectivity index (χ3n) is 1.29. The minimum absolute atomic E-state index is 0.234. The molecule has 0 fully saturated rings. The maximum atomic E-state index is 12.8. The van der Waals surface area contributed by atoms with Gasteiger partial charge in [-0.3, -0.25) is 0 Å². The smallest absolute Gasteiger partial charge is 0.140 e. The molecule has 14 heavy (non-hydrogen) atoms. The molecule has 0 aromatic carbocycles. The normalized spacial score (nSPS) is 11.1. The molecule has 0 radical (unpaired) electrons. The number of allylic oxidation sites excluding steroid dienone is 3. The highest BCUT2D eigenvalue weighted by Crippen LogP contribution is 2.11. The van der Waals surface area contributed by atoms with Gasteiger partial charge in [-0.2, -0.15) is 5.26 Å². The van der Waals surface area contributed by atoms with Crippen LogP contribution in [0.25, 0.3) is 0 Å². The average molecular weight is 197 g/mol. The number of nitriles is 1. The highest BCUT2D eigenvalue weighted by molar-refractivity contribution is 5.39. The highest BCUT2D eigenvalue weighted by Gasteiger charge is 2.00. The molecule has 3 heteroatoms. The molecule has 0 aliphatic heterocycles. The molecule has 0 spiro atoms. The predicted octanol–water partition coefficient (Wildman–Crippen LogP) is 2.88. The number of hydrogen-bond acceptors (Lipinski definition) is 2. The van der Waals surface area contributed by atoms with Crippen molar-refractivity contribution < 1.29 is 9.50 Å². The van der Waals surface area contributed by atoms with E-state index in [1.807, 2.05) is 13.8 Å². The molecule has 0 aliphatic carbocycles. The van der Waals surface area contributed by atoms with Gasteiger partial charge in [-0.15, -0.1) is 0 Å². The number of rotatable bonds is 3. The van der Waals surface area contributed by atoms with E-state index >= 15 is 0 Å². The van der Waals surface area contributed by atoms with Crippen LogP contribution in [0.2, 0.25) is 0 Å². The van der Waals surface area contributed by atoms with Crippen LogP contribution in [-0.4, -0.2) is 11.7 Å². The van der Waals surface area contributed by atoms with Crippen LogP contribution in [0.1, 0.15) is 20.8 Å². The van der Waals surface area contributed by atoms with E-state index in [1.54, 1.807) is 19.1 Å². The number of aliphatic hydroxyl groups is 1. The fourth-order valence-corrected chi connectivity index (χ4v) is 0.524. The monoisotopic (exact) mass is 197 g/mol. The van der Waals surface area contributed by atoms with Crippen molar-refractivity contribution in [3.05, 3.63) is 35.7 Å². The summed E-state index contributed by atoms with van der Waals surface area (Å²) in [6.45, 7) is 8.61. The summed E-state index contributed by atoms with van der Waals surface area (Å²) in [5.41, 5.74) is 0.187. The molecule has 0 unspecified atom stereocenters. The van der Waals surface area contributed by atoms with Crippen LogP contribution >= 0.6 is 0 Å². The van der Waals surface area contributed by atoms with E-state index < -0.39 is 5.83 Å². The predicted molar refractivity (Wildman–Crippen MR) is 56.1 cm³/mol. The second-order valence-electron chi connectivity index (χ2n) is 2.10. The topological polar surface area (TPSA) is 44.0 Å². The third-order valence-corrected chi connectivity index (χ3v) is 1.29. The van der Waals surface area contributed by atoms with Crippen LogP contribution in [0.5, 0.6) is 0 Å². The van der Waals surface area contributed by atoms with Crippen molar-refractivity contribution in [1.29, 1.82) is 5.26 Å². The molecule has 1 N–H and O–H groups in total. The quantitative estimate of drug-likeness (QED) is 0.558. The van der Waals surface area contributed by atoms with Gasteiger partial charge in [0.2, 0.25) is 0 Å². The molecule has 0 aliphatic rings. The summed E-state index contributed by atoms with van der Waals surface area (Å²) in [6, 6.07) is 1.57. The molecule has 2 nitrogen and oxygen atoms in total. The number of halogens is 1. The van der Waals surface area contributed by atoms with Gasteiger partial charge >= 0.3 is 0 Å². The lowest BCUT2D eigenvalue weighted by Gasteiger charge is -1.95. The molecule has 0 saturated heterocycles. The Balaban J connectivity index is 0. The van der Waals surface area contributed by atoms with E-state index in [-0.39, 0.29) is 12.2 Å². The Bertz CT molecular complexity index is 272. The third kappa shape index (κ3) is 6.15. The van der Waals surface area contributed by atoms with E-state index in [4.69, 9.17) is 10.4 Å². The van der Waals surface area contributed by atoms with Crippen molar-refractivity contribution >= 4 is 0 Å². The van der Waals surface area contributed by atoms with Crippen molar-refractivity contribution in [3.63, 3.8) is 0 Å². The molecule has 78 valence electrons. The second kappa shape index (κ2) is 9.69. The van der Waals surface area contributed by atoms with Gasteiger partial charge in [0.25, 0.3) is 0 Å². The Kier molecular flexibility index (Phi) is 10.4. The van der Waals surface area contributed by atoms with Gasteiger partial charge in [-0.1, -0.05) is 26.5 Å². The van der Waals surface area contributed by atoms with Crippen molar-refractivity contribution in [2.75, 3.05) is 6.61 Å². The fourth-order valence-electron chi connectivity index (χ4n) is 0.524. The molecule has 0 amide bonds. The molecule has 0 heterocycles. The zero-order valence-corrected chi connectivity index (χ0v) is 8.84. The number of hydrogen-bond donors (Lipinski definition) is 1. The van der Waals surface area contributed by atoms with E-state index in [1.165, 1.54) is 0 Å². The molecule has 0 atom stereocenters. The summed E-state index contributed by atoms with van der Waals surface area (Å²) in [6.07, 6.45) is 2.65. The van der Waals surface area contributed by atoms with Crippen LogP contribution in [0.3, 0.4) is 0 Å². The second-order valence-corrected chi connectivity index (χ2v) is 2.10. The minimum Gasteiger partial charge on any atom is -0.392 e. The summed E-state index contributed by atoms with van der Waals surface area (Å²) in [5.74, 6) is -0.709. The SMILES string of the molecule is C=C(C#N)/C(F)=C\C(=C/C)CO.CC. The first-order valence-electron chi connectivity index (χ1n) is 4.38. The lowest BCUT2D eigenvalue weighted by Crippen LogP contribution is -1.87. The average Bonchev–Trinajstić information content (AvgIpc) is 2.26. The lowest BCUT2D eigenvalue weighted by molar-refractivity contribution is 0.334. The van der Waals surface area contributed by atoms with Crippen molar-refractivity contribution in [2.24, 2.45) is 0 Å². The van der Waals surface area contributed by atoms with Crippen molar-refractivity contribution in [3.8, 4) is 6.07 Å². The van der Waals surface area contributed by atoms with Gasteiger partial charge in [-0.25, -0.2) is 4.39 Å². The summed E-state index contributed by atoms with van der Waals surface area (Å²) >= 11 is 0. The Labute approximate surface area is 84.7 Å². The molecule has 0 aromatic heterocycles. The van der Waals surface area contributed by atoms with Gasteiger partial charge in [0.05, 0.1) is 12.2 Å². The van der Waals surface area contributed by atoms with Crippen LogP contribution < -0.4 is 0 Å². The molecule has 0 bridgehead atoms. The number of nitrogens with zero attached hydrogens (tertiary/aromatic N) is 1. The fraction of sp³-hybridized carbons (Fsp3) is 0.364. The molecular formula is C11H16FNO. The van der Waals surface area contributed by atoms with E-state index in [2.05, 4.69) is 6.58 Å². The minimum atomic E-state index is -0.709. The van der Waals surface area contributed by atoms with E-state index in [9.17, 15) is 4.39 Å². The summed E-state index contributed by atoms with van der Waals surface area (Å²) in [4.78, 5) is 0. The standard InChI is InChI=1S/C9H10FNO.C2H6/c1-3-8(6-12)4-9(10)7(2)5-11;1-2/h3-4,12H,2,6H2,1H3;1-2H3/b8-3+,9-4+;. The molecular weight excluding hydrogens is 181 g/mol. The van der Waals surface area contributed by atoms with Gasteiger partial charge in [0, 0.05) is 0 Å². The van der Waals surface area contributed by atoms with Gasteiger partial charge in [0.1, 0.15) is 11.9 Å². The lowest BCUT2D eigenvalue weighted by atomic mass is 10.2. The zero-order chi connectivity index (χ0) is 11.6. The van der Waals surface area contributed by atoms with Crippen LogP contribution in [0.15, 0.2) is 35.7 Å². The van der Waals surface area contributed by atoms with E-state index in [0.29, 0.717) is 5.57 Å². The zero-order valence-electron chi connectivity index (χ0n) is 8.84. The highest BCUT2D eigenvalue weighted by atomic mass is 19.1. The van der Waals surface area contributed by atoms with Gasteiger partial charge in [0.15, 0.2) is 0 Å². The first-order chi connectivity index (χ1) is 6.65. The number of aliphatic hydroxyl groups excluding tert-OH is 1. The molecule has 0 rings (SSSR count). The largest absolute Gasteiger partial charge is 0.392 e. The Morgan fingerprint density at radius 3 is 2.36 bits per heavy atom.